The summed E-state index contributed by atoms with van der Waals surface area (Å²) in [5.74, 6) is 0.599. The number of benzene rings is 4. The smallest absolute Gasteiger partial charge is 0.194 e. The maximum absolute atomic E-state index is 14.4. The van der Waals surface area contributed by atoms with Crippen LogP contribution in [0.4, 0.5) is 0 Å². The first-order valence-corrected chi connectivity index (χ1v) is 17.7. The predicted molar refractivity (Wildman–Crippen MR) is 211 cm³/mol. The molecule has 0 heterocycles. The van der Waals surface area contributed by atoms with Crippen molar-refractivity contribution in [2.24, 2.45) is 0 Å². The molecule has 0 radical (unpaired) electrons. The van der Waals surface area contributed by atoms with Gasteiger partial charge in [0.2, 0.25) is 0 Å². The standard InChI is InChI=1S/C47H54O3/c1-44(2,3)36-25-32(26-37(42(36)49)45(4,5)6)40(33-27-38(46(7,8)9)43(50)39(28-33)47(10,11)12)31-23-34(29-19-15-13-16-20-29)41(48)35(24-31)30-21-17-14-18-22-30/h13-28,49-50H,1-12H3. The monoisotopic (exact) mass is 666 g/mol. The number of aromatic hydroxyl groups is 2. The lowest BCUT2D eigenvalue weighted by molar-refractivity contribution is -0.108. The van der Waals surface area contributed by atoms with Crippen LogP contribution >= 0.6 is 0 Å². The molecular formula is C47H54O3. The maximum atomic E-state index is 14.4. The lowest BCUT2D eigenvalue weighted by Gasteiger charge is -2.31. The van der Waals surface area contributed by atoms with E-state index in [1.54, 1.807) is 0 Å². The first-order chi connectivity index (χ1) is 23.1. The summed E-state index contributed by atoms with van der Waals surface area (Å²) in [6.07, 6.45) is 4.06. The van der Waals surface area contributed by atoms with Crippen molar-refractivity contribution in [3.63, 3.8) is 0 Å². The Bertz CT molecular complexity index is 1810. The molecule has 1 aliphatic rings. The maximum Gasteiger partial charge on any atom is 0.194 e. The van der Waals surface area contributed by atoms with Crippen LogP contribution in [-0.2, 0) is 26.5 Å². The minimum atomic E-state index is -0.351. The third-order valence-electron chi connectivity index (χ3n) is 9.58. The SMILES string of the molecule is CC(C)(C)c1cc(C(=C2C=C(c3ccccc3)C(=O)C(c3ccccc3)=C2)c2cc(C(C)(C)C)c(O)c(C(C)(C)C)c2)cc(C(C)(C)C)c1O. The summed E-state index contributed by atoms with van der Waals surface area (Å²) in [5.41, 5.74) is 8.68. The van der Waals surface area contributed by atoms with Gasteiger partial charge in [0, 0.05) is 33.4 Å². The second-order valence-electron chi connectivity index (χ2n) is 17.8. The molecule has 5 rings (SSSR count). The summed E-state index contributed by atoms with van der Waals surface area (Å²) in [5, 5.41) is 23.6. The Morgan fingerprint density at radius 1 is 0.460 bits per heavy atom. The van der Waals surface area contributed by atoms with Crippen molar-refractivity contribution in [3.8, 4) is 11.5 Å². The Hall–Kier alpha value is -4.63. The average Bonchev–Trinajstić information content (AvgIpc) is 3.01. The number of carbonyl (C=O) groups excluding carboxylic acids is 1. The largest absolute Gasteiger partial charge is 0.507 e. The average molecular weight is 667 g/mol. The van der Waals surface area contributed by atoms with Gasteiger partial charge in [-0.15, -0.1) is 0 Å². The van der Waals surface area contributed by atoms with Crippen LogP contribution < -0.4 is 0 Å². The van der Waals surface area contributed by atoms with Crippen molar-refractivity contribution >= 4 is 22.5 Å². The zero-order valence-electron chi connectivity index (χ0n) is 32.0. The van der Waals surface area contributed by atoms with Crippen molar-refractivity contribution in [1.82, 2.24) is 0 Å². The summed E-state index contributed by atoms with van der Waals surface area (Å²) < 4.78 is 0. The number of ketones is 1. The van der Waals surface area contributed by atoms with E-state index in [0.29, 0.717) is 22.6 Å². The second kappa shape index (κ2) is 12.9. The van der Waals surface area contributed by atoms with Gasteiger partial charge >= 0.3 is 0 Å². The van der Waals surface area contributed by atoms with Gasteiger partial charge in [-0.3, -0.25) is 4.79 Å². The molecule has 4 aromatic rings. The lowest BCUT2D eigenvalue weighted by Crippen LogP contribution is -2.19. The van der Waals surface area contributed by atoms with Gasteiger partial charge < -0.3 is 10.2 Å². The van der Waals surface area contributed by atoms with Crippen molar-refractivity contribution in [1.29, 1.82) is 0 Å². The van der Waals surface area contributed by atoms with E-state index in [1.807, 2.05) is 72.8 Å². The quantitative estimate of drug-likeness (QED) is 0.228. The summed E-state index contributed by atoms with van der Waals surface area (Å²) in [6.45, 7) is 25.5. The van der Waals surface area contributed by atoms with E-state index in [1.165, 1.54) is 0 Å². The number of hydrogen-bond acceptors (Lipinski definition) is 3. The van der Waals surface area contributed by atoms with Gasteiger partial charge in [0.05, 0.1) is 0 Å². The predicted octanol–water partition coefficient (Wildman–Crippen LogP) is 11.8. The highest BCUT2D eigenvalue weighted by molar-refractivity contribution is 6.44. The molecular weight excluding hydrogens is 613 g/mol. The lowest BCUT2D eigenvalue weighted by atomic mass is 9.74. The third-order valence-corrected chi connectivity index (χ3v) is 9.58. The summed E-state index contributed by atoms with van der Waals surface area (Å²) in [4.78, 5) is 14.4. The van der Waals surface area contributed by atoms with Crippen LogP contribution in [0.25, 0.3) is 16.7 Å². The van der Waals surface area contributed by atoms with E-state index in [4.69, 9.17) is 0 Å². The van der Waals surface area contributed by atoms with E-state index in [0.717, 1.165) is 55.7 Å². The van der Waals surface area contributed by atoms with Crippen molar-refractivity contribution in [2.45, 2.75) is 105 Å². The number of allylic oxidation sites excluding steroid dienone is 5. The van der Waals surface area contributed by atoms with Gasteiger partial charge in [0.1, 0.15) is 11.5 Å². The molecule has 1 aliphatic carbocycles. The van der Waals surface area contributed by atoms with Gasteiger partial charge in [0.15, 0.2) is 5.78 Å². The highest BCUT2D eigenvalue weighted by Gasteiger charge is 2.32. The molecule has 0 fully saturated rings. The zero-order chi connectivity index (χ0) is 37.0. The zero-order valence-corrected chi connectivity index (χ0v) is 32.0. The molecule has 0 atom stereocenters. The molecule has 50 heavy (non-hydrogen) atoms. The van der Waals surface area contributed by atoms with Crippen molar-refractivity contribution in [2.75, 3.05) is 0 Å². The molecule has 0 saturated heterocycles. The van der Waals surface area contributed by atoms with Crippen LogP contribution in [0.2, 0.25) is 0 Å². The Morgan fingerprint density at radius 2 is 0.740 bits per heavy atom. The highest BCUT2D eigenvalue weighted by Crippen LogP contribution is 2.47. The molecule has 0 aliphatic heterocycles. The van der Waals surface area contributed by atoms with Crippen LogP contribution in [0.5, 0.6) is 11.5 Å². The number of hydrogen-bond donors (Lipinski definition) is 2. The van der Waals surface area contributed by atoms with Crippen molar-refractivity contribution < 1.29 is 15.0 Å². The molecule has 0 amide bonds. The van der Waals surface area contributed by atoms with E-state index >= 15 is 0 Å². The van der Waals surface area contributed by atoms with E-state index in [2.05, 4.69) is 107 Å². The van der Waals surface area contributed by atoms with Crippen LogP contribution in [0.15, 0.2) is 103 Å². The number of rotatable bonds is 4. The fourth-order valence-corrected chi connectivity index (χ4v) is 6.78. The van der Waals surface area contributed by atoms with Gasteiger partial charge in [-0.05, 0) is 91.5 Å². The van der Waals surface area contributed by atoms with Crippen LogP contribution in [-0.4, -0.2) is 16.0 Å². The van der Waals surface area contributed by atoms with Gasteiger partial charge in [0.25, 0.3) is 0 Å². The topological polar surface area (TPSA) is 57.5 Å². The number of phenolic OH excluding ortho intramolecular Hbond substituents is 2. The first kappa shape index (κ1) is 36.6. The second-order valence-corrected chi connectivity index (χ2v) is 17.8. The van der Waals surface area contributed by atoms with Crippen LogP contribution in [0, 0.1) is 0 Å². The molecule has 3 nitrogen and oxygen atoms in total. The Labute approximate surface area is 300 Å². The van der Waals surface area contributed by atoms with Crippen LogP contribution in [0.1, 0.15) is 128 Å². The summed E-state index contributed by atoms with van der Waals surface area (Å²) >= 11 is 0. The molecule has 3 heteroatoms. The third kappa shape index (κ3) is 7.29. The normalized spacial score (nSPS) is 14.4. The minimum Gasteiger partial charge on any atom is -0.507 e. The van der Waals surface area contributed by atoms with E-state index in [-0.39, 0.29) is 27.4 Å². The molecule has 260 valence electrons. The Balaban J connectivity index is 2.05. The molecule has 2 N–H and O–H groups in total. The van der Waals surface area contributed by atoms with Crippen LogP contribution in [0.3, 0.4) is 0 Å². The first-order valence-electron chi connectivity index (χ1n) is 17.7. The summed E-state index contributed by atoms with van der Waals surface area (Å²) in [6, 6.07) is 28.2. The molecule has 4 aromatic carbocycles. The van der Waals surface area contributed by atoms with Gasteiger partial charge in [-0.1, -0.05) is 144 Å². The van der Waals surface area contributed by atoms with E-state index in [9.17, 15) is 15.0 Å². The fourth-order valence-electron chi connectivity index (χ4n) is 6.78. The van der Waals surface area contributed by atoms with Gasteiger partial charge in [-0.2, -0.15) is 0 Å². The molecule has 0 aromatic heterocycles. The fraction of sp³-hybridized carbons (Fsp3) is 0.340. The number of phenols is 2. The molecule has 0 saturated carbocycles. The van der Waals surface area contributed by atoms with Gasteiger partial charge in [-0.25, -0.2) is 0 Å². The van der Waals surface area contributed by atoms with Crippen molar-refractivity contribution in [3.05, 3.63) is 147 Å². The summed E-state index contributed by atoms with van der Waals surface area (Å²) in [7, 11) is 0. The number of Topliss-reactive ketones (excluding diaryl/α,β-unsaturated/α-hetero) is 1. The number of carbonyl (C=O) groups is 1. The minimum absolute atomic E-state index is 0.0292. The highest BCUT2D eigenvalue weighted by atomic mass is 16.3. The Morgan fingerprint density at radius 3 is 1.00 bits per heavy atom. The molecule has 0 spiro atoms. The molecule has 0 unspecified atom stereocenters. The van der Waals surface area contributed by atoms with E-state index < -0.39 is 0 Å². The molecule has 0 bridgehead atoms. The Kier molecular flexibility index (Phi) is 9.47.